The van der Waals surface area contributed by atoms with E-state index in [4.69, 9.17) is 4.74 Å². The second kappa shape index (κ2) is 8.66. The molecule has 2 rings (SSSR count). The fourth-order valence-electron chi connectivity index (χ4n) is 2.73. The minimum Gasteiger partial charge on any atom is -0.491 e. The summed E-state index contributed by atoms with van der Waals surface area (Å²) in [5, 5.41) is 15.0. The third-order valence-electron chi connectivity index (χ3n) is 3.97. The fraction of sp³-hybridized carbons (Fsp3) is 0.421. The van der Waals surface area contributed by atoms with Crippen LogP contribution < -0.4 is 10.1 Å². The van der Waals surface area contributed by atoms with Crippen molar-refractivity contribution in [1.82, 2.24) is 10.2 Å². The summed E-state index contributed by atoms with van der Waals surface area (Å²) in [4.78, 5) is 13.5. The zero-order valence-electron chi connectivity index (χ0n) is 14.5. The number of amides is 1. The maximum absolute atomic E-state index is 11.5. The van der Waals surface area contributed by atoms with Crippen molar-refractivity contribution in [3.63, 3.8) is 0 Å². The molecule has 0 aromatic heterocycles. The van der Waals surface area contributed by atoms with Gasteiger partial charge < -0.3 is 20.1 Å². The molecule has 2 aromatic carbocycles. The summed E-state index contributed by atoms with van der Waals surface area (Å²) >= 11 is 0. The number of ether oxygens (including phenoxy) is 1. The van der Waals surface area contributed by atoms with Crippen LogP contribution in [0.4, 0.5) is 0 Å². The molecule has 5 nitrogen and oxygen atoms in total. The van der Waals surface area contributed by atoms with Crippen molar-refractivity contribution < 1.29 is 14.6 Å². The van der Waals surface area contributed by atoms with E-state index in [0.29, 0.717) is 13.1 Å². The topological polar surface area (TPSA) is 61.8 Å². The van der Waals surface area contributed by atoms with E-state index in [1.165, 1.54) is 0 Å². The lowest BCUT2D eigenvalue weighted by atomic mass is 10.1. The number of nitrogens with one attached hydrogen (secondary N) is 1. The van der Waals surface area contributed by atoms with Gasteiger partial charge in [0.15, 0.2) is 0 Å². The van der Waals surface area contributed by atoms with Gasteiger partial charge in [0, 0.05) is 26.1 Å². The van der Waals surface area contributed by atoms with Crippen LogP contribution in [0.25, 0.3) is 10.8 Å². The maximum Gasteiger partial charge on any atom is 0.223 e. The molecule has 0 aliphatic carbocycles. The summed E-state index contributed by atoms with van der Waals surface area (Å²) < 4.78 is 5.69. The Labute approximate surface area is 143 Å². The molecular formula is C19H26N2O3. The van der Waals surface area contributed by atoms with E-state index in [-0.39, 0.29) is 18.4 Å². The zero-order chi connectivity index (χ0) is 17.5. The van der Waals surface area contributed by atoms with Crippen LogP contribution in [-0.2, 0) is 4.79 Å². The van der Waals surface area contributed by atoms with Gasteiger partial charge in [-0.2, -0.15) is 0 Å². The van der Waals surface area contributed by atoms with Crippen LogP contribution in [0.1, 0.15) is 6.92 Å². The number of hydrogen-bond acceptors (Lipinski definition) is 4. The Morgan fingerprint density at radius 2 is 1.92 bits per heavy atom. The predicted molar refractivity (Wildman–Crippen MR) is 96.2 cm³/mol. The van der Waals surface area contributed by atoms with Crippen LogP contribution in [0.2, 0.25) is 0 Å². The van der Waals surface area contributed by atoms with Gasteiger partial charge >= 0.3 is 0 Å². The smallest absolute Gasteiger partial charge is 0.223 e. The molecule has 0 fully saturated rings. The first kappa shape index (κ1) is 18.2. The summed E-state index contributed by atoms with van der Waals surface area (Å²) in [6.45, 7) is 3.13. The number of nitrogens with zero attached hydrogens (tertiary/aromatic N) is 1. The first-order valence-electron chi connectivity index (χ1n) is 8.19. The van der Waals surface area contributed by atoms with Gasteiger partial charge in [-0.3, -0.25) is 4.79 Å². The van der Waals surface area contributed by atoms with Gasteiger partial charge in [-0.25, -0.2) is 0 Å². The van der Waals surface area contributed by atoms with Gasteiger partial charge in [0.1, 0.15) is 18.5 Å². The Bertz CT molecular complexity index is 674. The lowest BCUT2D eigenvalue weighted by Crippen LogP contribution is -2.39. The first-order valence-corrected chi connectivity index (χ1v) is 8.19. The molecule has 0 saturated heterocycles. The van der Waals surface area contributed by atoms with Crippen LogP contribution in [0.15, 0.2) is 42.5 Å². The van der Waals surface area contributed by atoms with Gasteiger partial charge in [-0.05, 0) is 30.0 Å². The highest BCUT2D eigenvalue weighted by atomic mass is 16.5. The number of carbonyl (C=O) groups is 1. The Morgan fingerprint density at radius 1 is 1.21 bits per heavy atom. The maximum atomic E-state index is 11.5. The van der Waals surface area contributed by atoms with Crippen molar-refractivity contribution in [2.45, 2.75) is 13.0 Å². The Morgan fingerprint density at radius 3 is 2.62 bits per heavy atom. The van der Waals surface area contributed by atoms with Crippen molar-refractivity contribution in [3.05, 3.63) is 42.5 Å². The third kappa shape index (κ3) is 5.22. The van der Waals surface area contributed by atoms with Crippen LogP contribution in [-0.4, -0.2) is 55.8 Å². The summed E-state index contributed by atoms with van der Waals surface area (Å²) in [6, 6.07) is 14.0. The van der Waals surface area contributed by atoms with Crippen LogP contribution in [0.5, 0.6) is 5.75 Å². The number of aliphatic hydroxyl groups is 1. The number of benzene rings is 2. The van der Waals surface area contributed by atoms with Crippen molar-refractivity contribution in [2.24, 2.45) is 5.92 Å². The van der Waals surface area contributed by atoms with Gasteiger partial charge in [0.05, 0.1) is 0 Å². The minimum atomic E-state index is -0.613. The standard InChI is InChI=1S/C19H26N2O3/c1-14(19(23)20-2)11-21(3)12-17(22)13-24-18-9-8-15-6-4-5-7-16(15)10-18/h4-10,14,17,22H,11-13H2,1-3H3,(H,20,23). The van der Waals surface area contributed by atoms with E-state index in [0.717, 1.165) is 16.5 Å². The second-order valence-electron chi connectivity index (χ2n) is 6.21. The molecule has 0 bridgehead atoms. The molecule has 0 spiro atoms. The average molecular weight is 330 g/mol. The Hall–Kier alpha value is -2.11. The van der Waals surface area contributed by atoms with Crippen LogP contribution in [0, 0.1) is 5.92 Å². The number of rotatable bonds is 8. The van der Waals surface area contributed by atoms with E-state index < -0.39 is 6.10 Å². The van der Waals surface area contributed by atoms with Crippen molar-refractivity contribution >= 4 is 16.7 Å². The normalized spacial score (nSPS) is 13.7. The minimum absolute atomic E-state index is 0.00348. The van der Waals surface area contributed by atoms with Crippen molar-refractivity contribution in [3.8, 4) is 5.75 Å². The SMILES string of the molecule is CNC(=O)C(C)CN(C)CC(O)COc1ccc2ccccc2c1. The zero-order valence-corrected chi connectivity index (χ0v) is 14.5. The number of likely N-dealkylation sites (N-methyl/N-ethyl adjacent to an activating group) is 1. The molecule has 130 valence electrons. The number of hydrogen-bond donors (Lipinski definition) is 2. The molecule has 2 atom stereocenters. The van der Waals surface area contributed by atoms with E-state index in [1.54, 1.807) is 7.05 Å². The van der Waals surface area contributed by atoms with E-state index in [1.807, 2.05) is 55.3 Å². The molecule has 0 aliphatic heterocycles. The van der Waals surface area contributed by atoms with Crippen molar-refractivity contribution in [1.29, 1.82) is 0 Å². The summed E-state index contributed by atoms with van der Waals surface area (Å²) in [5.74, 6) is 0.631. The van der Waals surface area contributed by atoms with Crippen LogP contribution in [0.3, 0.4) is 0 Å². The van der Waals surface area contributed by atoms with E-state index in [9.17, 15) is 9.90 Å². The molecule has 1 amide bonds. The quantitative estimate of drug-likeness (QED) is 0.776. The van der Waals surface area contributed by atoms with Crippen LogP contribution >= 0.6 is 0 Å². The van der Waals surface area contributed by atoms with Gasteiger partial charge in [-0.1, -0.05) is 37.3 Å². The lowest BCUT2D eigenvalue weighted by Gasteiger charge is -2.23. The number of aliphatic hydroxyl groups excluding tert-OH is 1. The predicted octanol–water partition coefficient (Wildman–Crippen LogP) is 1.89. The van der Waals surface area contributed by atoms with Gasteiger partial charge in [-0.15, -0.1) is 0 Å². The summed E-state index contributed by atoms with van der Waals surface area (Å²) in [6.07, 6.45) is -0.613. The summed E-state index contributed by atoms with van der Waals surface area (Å²) in [7, 11) is 3.52. The largest absolute Gasteiger partial charge is 0.491 e. The highest BCUT2D eigenvalue weighted by molar-refractivity contribution is 5.83. The second-order valence-corrected chi connectivity index (χ2v) is 6.21. The molecule has 5 heteroatoms. The average Bonchev–Trinajstić information content (AvgIpc) is 2.58. The summed E-state index contributed by atoms with van der Waals surface area (Å²) in [5.41, 5.74) is 0. The lowest BCUT2D eigenvalue weighted by molar-refractivity contribution is -0.124. The molecule has 0 heterocycles. The first-order chi connectivity index (χ1) is 11.5. The molecule has 24 heavy (non-hydrogen) atoms. The molecule has 2 N–H and O–H groups in total. The monoisotopic (exact) mass is 330 g/mol. The molecule has 2 aromatic rings. The highest BCUT2D eigenvalue weighted by Gasteiger charge is 2.16. The Balaban J connectivity index is 1.81. The molecule has 0 radical (unpaired) electrons. The van der Waals surface area contributed by atoms with E-state index in [2.05, 4.69) is 11.4 Å². The molecule has 0 aliphatic rings. The Kier molecular flexibility index (Phi) is 6.58. The fourth-order valence-corrected chi connectivity index (χ4v) is 2.73. The molecular weight excluding hydrogens is 304 g/mol. The number of fused-ring (bicyclic) bond motifs is 1. The van der Waals surface area contributed by atoms with Gasteiger partial charge in [0.25, 0.3) is 0 Å². The van der Waals surface area contributed by atoms with E-state index >= 15 is 0 Å². The highest BCUT2D eigenvalue weighted by Crippen LogP contribution is 2.20. The van der Waals surface area contributed by atoms with Crippen molar-refractivity contribution in [2.75, 3.05) is 33.8 Å². The molecule has 0 saturated carbocycles. The van der Waals surface area contributed by atoms with Gasteiger partial charge in [0.2, 0.25) is 5.91 Å². The molecule has 2 unspecified atom stereocenters. The third-order valence-corrected chi connectivity index (χ3v) is 3.97. The number of carbonyl (C=O) groups excluding carboxylic acids is 1.